The summed E-state index contributed by atoms with van der Waals surface area (Å²) in [4.78, 5) is 0. The van der Waals surface area contributed by atoms with Crippen LogP contribution in [0.25, 0.3) is 55.0 Å². The minimum Gasteiger partial charge on any atom is -0.308 e. The van der Waals surface area contributed by atoms with E-state index in [1.807, 2.05) is 21.3 Å². The number of alkyl halides is 3. The molecule has 0 atom stereocenters. The third-order valence-corrected chi connectivity index (χ3v) is 11.0. The summed E-state index contributed by atoms with van der Waals surface area (Å²) in [7, 11) is 0. The molecule has 7 aromatic rings. The Kier molecular flexibility index (Phi) is 8.28. The summed E-state index contributed by atoms with van der Waals surface area (Å²) in [6.45, 7) is 25.7. The maximum atomic E-state index is 15.2. The molecule has 0 N–H and O–H groups in total. The summed E-state index contributed by atoms with van der Waals surface area (Å²) >= 11 is 0. The third kappa shape index (κ3) is 6.16. The van der Waals surface area contributed by atoms with E-state index in [0.717, 1.165) is 78.0 Å². The molecule has 5 aromatic carbocycles. The van der Waals surface area contributed by atoms with E-state index in [9.17, 15) is 5.26 Å². The van der Waals surface area contributed by atoms with Gasteiger partial charge in [-0.05, 0) is 92.4 Å². The quantitative estimate of drug-likeness (QED) is 0.175. The highest BCUT2D eigenvalue weighted by Gasteiger charge is 2.35. The molecular formula is C48H50F3N3. The van der Waals surface area contributed by atoms with E-state index in [2.05, 4.69) is 150 Å². The van der Waals surface area contributed by atoms with Crippen LogP contribution in [0.15, 0.2) is 84.9 Å². The molecule has 0 fully saturated rings. The minimum absolute atomic E-state index is 0.148. The first kappa shape index (κ1) is 37.3. The Bertz CT molecular complexity index is 2510. The molecule has 0 bridgehead atoms. The molecule has 0 unspecified atom stereocenters. The second-order valence-corrected chi connectivity index (χ2v) is 19.1. The second kappa shape index (κ2) is 12.0. The summed E-state index contributed by atoms with van der Waals surface area (Å²) in [5, 5.41) is 14.9. The number of nitrogens with zero attached hydrogens (tertiary/aromatic N) is 3. The van der Waals surface area contributed by atoms with Crippen molar-refractivity contribution in [2.45, 2.75) is 111 Å². The number of hydrogen-bond acceptors (Lipinski definition) is 1. The zero-order valence-corrected chi connectivity index (χ0v) is 33.6. The van der Waals surface area contributed by atoms with Crippen LogP contribution in [0.2, 0.25) is 0 Å². The number of rotatable bonds is 2. The molecular weight excluding hydrogens is 676 g/mol. The molecule has 0 radical (unpaired) electrons. The standard InChI is InChI=1S/C48H50F3N3/c1-44(2,3)28-15-19-38-35(21-28)33-17-13-30(46(7,8)9)23-40(33)53(38)42-25-32(48(49,50)51)26-43(37(42)27-52)54-39-20-16-29(45(4,5)6)22-36(39)34-18-14-31(24-41(34)54)47(10,11)12/h13-26H,1-12H3. The average molecular weight is 726 g/mol. The van der Waals surface area contributed by atoms with E-state index >= 15 is 13.2 Å². The number of hydrogen-bond donors (Lipinski definition) is 0. The van der Waals surface area contributed by atoms with Crippen LogP contribution in [0.1, 0.15) is 116 Å². The molecule has 0 aliphatic rings. The summed E-state index contributed by atoms with van der Waals surface area (Å²) in [5.74, 6) is 0. The number of nitriles is 1. The van der Waals surface area contributed by atoms with Gasteiger partial charge in [-0.2, -0.15) is 18.4 Å². The van der Waals surface area contributed by atoms with Crippen LogP contribution < -0.4 is 0 Å². The van der Waals surface area contributed by atoms with Crippen LogP contribution in [-0.4, -0.2) is 9.13 Å². The largest absolute Gasteiger partial charge is 0.416 e. The van der Waals surface area contributed by atoms with Gasteiger partial charge in [0.1, 0.15) is 11.6 Å². The Morgan fingerprint density at radius 1 is 0.407 bits per heavy atom. The van der Waals surface area contributed by atoms with Crippen LogP contribution in [0.3, 0.4) is 0 Å². The van der Waals surface area contributed by atoms with Crippen molar-refractivity contribution < 1.29 is 13.2 Å². The van der Waals surface area contributed by atoms with Crippen LogP contribution in [0.4, 0.5) is 13.2 Å². The van der Waals surface area contributed by atoms with Gasteiger partial charge in [0.2, 0.25) is 0 Å². The van der Waals surface area contributed by atoms with Crippen LogP contribution in [0.5, 0.6) is 0 Å². The van der Waals surface area contributed by atoms with Crippen LogP contribution in [-0.2, 0) is 27.8 Å². The first-order valence-electron chi connectivity index (χ1n) is 18.7. The SMILES string of the molecule is CC(C)(C)c1ccc2c(c1)c1ccc(C(C)(C)C)cc1n2-c1cc(C(F)(F)F)cc(-n2c3ccc(C(C)(C)C)cc3c3ccc(C(C)(C)C)cc32)c1C#N. The third-order valence-electron chi connectivity index (χ3n) is 11.0. The first-order valence-corrected chi connectivity index (χ1v) is 18.7. The monoisotopic (exact) mass is 725 g/mol. The maximum absolute atomic E-state index is 15.2. The highest BCUT2D eigenvalue weighted by atomic mass is 19.4. The maximum Gasteiger partial charge on any atom is 0.416 e. The molecule has 54 heavy (non-hydrogen) atoms. The minimum atomic E-state index is -4.68. The predicted octanol–water partition coefficient (Wildman–Crippen LogP) is 14.0. The molecule has 7 rings (SSSR count). The molecule has 2 heterocycles. The Morgan fingerprint density at radius 3 is 1.06 bits per heavy atom. The van der Waals surface area contributed by atoms with Gasteiger partial charge in [-0.25, -0.2) is 0 Å². The van der Waals surface area contributed by atoms with E-state index in [1.165, 1.54) is 0 Å². The lowest BCUT2D eigenvalue weighted by atomic mass is 9.85. The second-order valence-electron chi connectivity index (χ2n) is 19.1. The molecule has 2 aromatic heterocycles. The molecule has 6 heteroatoms. The molecule has 0 amide bonds. The van der Waals surface area contributed by atoms with Gasteiger partial charge in [0, 0.05) is 21.5 Å². The van der Waals surface area contributed by atoms with Gasteiger partial charge in [0.15, 0.2) is 0 Å². The Balaban J connectivity index is 1.68. The lowest BCUT2D eigenvalue weighted by molar-refractivity contribution is -0.137. The van der Waals surface area contributed by atoms with Crippen LogP contribution in [0, 0.1) is 11.3 Å². The van der Waals surface area contributed by atoms with E-state index in [1.54, 1.807) is 0 Å². The van der Waals surface area contributed by atoms with Crippen molar-refractivity contribution in [3.8, 4) is 17.4 Å². The van der Waals surface area contributed by atoms with Crippen molar-refractivity contribution in [2.75, 3.05) is 0 Å². The van der Waals surface area contributed by atoms with Crippen molar-refractivity contribution in [1.82, 2.24) is 9.13 Å². The number of halogens is 3. The fraction of sp³-hybridized carbons (Fsp3) is 0.354. The zero-order chi connectivity index (χ0) is 39.5. The number of fused-ring (bicyclic) bond motifs is 6. The molecule has 3 nitrogen and oxygen atoms in total. The van der Waals surface area contributed by atoms with Crippen molar-refractivity contribution in [3.63, 3.8) is 0 Å². The Labute approximate surface area is 317 Å². The summed E-state index contributed by atoms with van der Waals surface area (Å²) in [5.41, 5.74) is 6.37. The van der Waals surface area contributed by atoms with Gasteiger partial charge in [-0.3, -0.25) is 0 Å². The van der Waals surface area contributed by atoms with Gasteiger partial charge in [-0.15, -0.1) is 0 Å². The van der Waals surface area contributed by atoms with Gasteiger partial charge in [-0.1, -0.05) is 119 Å². The van der Waals surface area contributed by atoms with Crippen molar-refractivity contribution in [3.05, 3.63) is 118 Å². The number of aromatic nitrogens is 2. The zero-order valence-electron chi connectivity index (χ0n) is 33.6. The van der Waals surface area contributed by atoms with Gasteiger partial charge >= 0.3 is 6.18 Å². The van der Waals surface area contributed by atoms with Crippen molar-refractivity contribution in [1.29, 1.82) is 5.26 Å². The van der Waals surface area contributed by atoms with E-state index in [-0.39, 0.29) is 38.6 Å². The topological polar surface area (TPSA) is 33.6 Å². The summed E-state index contributed by atoms with van der Waals surface area (Å²) in [6, 6.07) is 29.7. The molecule has 0 saturated carbocycles. The molecule has 0 aliphatic heterocycles. The van der Waals surface area contributed by atoms with Gasteiger partial charge < -0.3 is 9.13 Å². The molecule has 278 valence electrons. The van der Waals surface area contributed by atoms with Gasteiger partial charge in [0.05, 0.1) is 39.0 Å². The lowest BCUT2D eigenvalue weighted by Gasteiger charge is -2.22. The highest BCUT2D eigenvalue weighted by Crippen LogP contribution is 2.44. The fourth-order valence-corrected chi connectivity index (χ4v) is 7.67. The first-order chi connectivity index (χ1) is 24.9. The summed E-state index contributed by atoms with van der Waals surface area (Å²) in [6.07, 6.45) is -4.68. The normalized spacial score (nSPS) is 13.4. The Morgan fingerprint density at radius 2 is 0.741 bits per heavy atom. The van der Waals surface area contributed by atoms with Crippen LogP contribution >= 0.6 is 0 Å². The van der Waals surface area contributed by atoms with Gasteiger partial charge in [0.25, 0.3) is 0 Å². The number of benzene rings is 5. The fourth-order valence-electron chi connectivity index (χ4n) is 7.67. The Hall–Kier alpha value is -5.02. The summed E-state index contributed by atoms with van der Waals surface area (Å²) < 4.78 is 49.5. The average Bonchev–Trinajstić information content (AvgIpc) is 3.56. The smallest absolute Gasteiger partial charge is 0.308 e. The van der Waals surface area contributed by atoms with Crippen molar-refractivity contribution in [2.24, 2.45) is 0 Å². The highest BCUT2D eigenvalue weighted by molar-refractivity contribution is 6.11. The molecule has 0 spiro atoms. The van der Waals surface area contributed by atoms with E-state index in [4.69, 9.17) is 0 Å². The predicted molar refractivity (Wildman–Crippen MR) is 220 cm³/mol. The molecule has 0 saturated heterocycles. The van der Waals surface area contributed by atoms with E-state index in [0.29, 0.717) is 0 Å². The molecule has 0 aliphatic carbocycles. The van der Waals surface area contributed by atoms with Crippen molar-refractivity contribution >= 4 is 43.6 Å². The lowest BCUT2D eigenvalue weighted by Crippen LogP contribution is -2.13. The van der Waals surface area contributed by atoms with E-state index < -0.39 is 11.7 Å².